The Morgan fingerprint density at radius 1 is 1.42 bits per heavy atom. The maximum Gasteiger partial charge on any atom is 0.123 e. The largest absolute Gasteiger partial charge is 0.384 e. The number of hydrogen-bond acceptors (Lipinski definition) is 3. The molecular weight excluding hydrogens is 168 g/mol. The first-order valence-electron chi connectivity index (χ1n) is 3.83. The fourth-order valence-corrected chi connectivity index (χ4v) is 1.40. The Morgan fingerprint density at radius 2 is 2.33 bits per heavy atom. The lowest BCUT2D eigenvalue weighted by molar-refractivity contribution is 1.28. The Hall–Kier alpha value is -0.960. The van der Waals surface area contributed by atoms with Crippen molar-refractivity contribution in [2.24, 2.45) is 0 Å². The van der Waals surface area contributed by atoms with Crippen molar-refractivity contribution in [3.8, 4) is 0 Å². The van der Waals surface area contributed by atoms with Gasteiger partial charge in [-0.3, -0.25) is 0 Å². The van der Waals surface area contributed by atoms with Crippen LogP contribution in [0.4, 0.5) is 5.82 Å². The molecule has 0 amide bonds. The summed E-state index contributed by atoms with van der Waals surface area (Å²) in [6.45, 7) is 0. The molecule has 0 saturated carbocycles. The van der Waals surface area contributed by atoms with E-state index < -0.39 is 0 Å². The smallest absolute Gasteiger partial charge is 0.123 e. The number of anilines is 1. The van der Waals surface area contributed by atoms with Crippen LogP contribution < -0.4 is 5.73 Å². The highest BCUT2D eigenvalue weighted by Crippen LogP contribution is 2.11. The molecule has 0 unspecified atom stereocenters. The minimum Gasteiger partial charge on any atom is -0.384 e. The standard InChI is InChI=1S/C5H6N2.C4H6S/c6-5-3-1-2-4-7-5;1-2-4-5-3-1/h1-4H,(H2,6,7);1,3H,2,4H2. The van der Waals surface area contributed by atoms with Crippen LogP contribution in [-0.2, 0) is 0 Å². The lowest BCUT2D eigenvalue weighted by Gasteiger charge is -1.82. The number of hydrogen-bond donors (Lipinski definition) is 1. The minimum atomic E-state index is 0.572. The zero-order chi connectivity index (χ0) is 8.65. The van der Waals surface area contributed by atoms with E-state index in [1.54, 1.807) is 12.3 Å². The van der Waals surface area contributed by atoms with E-state index in [9.17, 15) is 0 Å². The molecule has 1 aromatic heterocycles. The molecule has 1 aliphatic heterocycles. The van der Waals surface area contributed by atoms with Gasteiger partial charge in [-0.05, 0) is 24.0 Å². The topological polar surface area (TPSA) is 38.9 Å². The second kappa shape index (κ2) is 5.66. The predicted molar refractivity (Wildman–Crippen MR) is 54.9 cm³/mol. The fraction of sp³-hybridized carbons (Fsp3) is 0.222. The summed E-state index contributed by atoms with van der Waals surface area (Å²) in [6, 6.07) is 5.43. The zero-order valence-corrected chi connectivity index (χ0v) is 7.63. The molecule has 64 valence electrons. The number of allylic oxidation sites excluding steroid dienone is 1. The monoisotopic (exact) mass is 180 g/mol. The van der Waals surface area contributed by atoms with Crippen molar-refractivity contribution in [3.05, 3.63) is 35.9 Å². The van der Waals surface area contributed by atoms with Gasteiger partial charge in [-0.2, -0.15) is 0 Å². The molecule has 0 aromatic carbocycles. The van der Waals surface area contributed by atoms with E-state index in [0.717, 1.165) is 0 Å². The van der Waals surface area contributed by atoms with Gasteiger partial charge < -0.3 is 5.73 Å². The molecule has 0 radical (unpaired) electrons. The molecule has 0 fully saturated rings. The van der Waals surface area contributed by atoms with Crippen molar-refractivity contribution in [1.29, 1.82) is 0 Å². The average molecular weight is 180 g/mol. The van der Waals surface area contributed by atoms with E-state index in [0.29, 0.717) is 5.82 Å². The molecule has 0 atom stereocenters. The SMILES string of the molecule is C1=CSCC1.Nc1ccccn1. The van der Waals surface area contributed by atoms with Crippen molar-refractivity contribution in [3.63, 3.8) is 0 Å². The van der Waals surface area contributed by atoms with Gasteiger partial charge in [-0.1, -0.05) is 12.1 Å². The summed E-state index contributed by atoms with van der Waals surface area (Å²) < 4.78 is 0. The average Bonchev–Trinajstić information content (AvgIpc) is 2.62. The Morgan fingerprint density at radius 3 is 2.58 bits per heavy atom. The lowest BCUT2D eigenvalue weighted by Crippen LogP contribution is -1.85. The van der Waals surface area contributed by atoms with E-state index in [2.05, 4.69) is 16.5 Å². The van der Waals surface area contributed by atoms with Gasteiger partial charge >= 0.3 is 0 Å². The number of pyridine rings is 1. The van der Waals surface area contributed by atoms with Crippen molar-refractivity contribution in [2.45, 2.75) is 6.42 Å². The summed E-state index contributed by atoms with van der Waals surface area (Å²) in [7, 11) is 0. The molecule has 1 aromatic rings. The van der Waals surface area contributed by atoms with Crippen molar-refractivity contribution >= 4 is 17.6 Å². The number of nitrogens with two attached hydrogens (primary N) is 1. The van der Waals surface area contributed by atoms with Crippen LogP contribution in [0.25, 0.3) is 0 Å². The molecule has 2 rings (SSSR count). The van der Waals surface area contributed by atoms with Gasteiger partial charge in [0, 0.05) is 11.9 Å². The Balaban J connectivity index is 0.000000127. The summed E-state index contributed by atoms with van der Waals surface area (Å²) in [5.41, 5.74) is 5.25. The summed E-state index contributed by atoms with van der Waals surface area (Å²) >= 11 is 1.89. The lowest BCUT2D eigenvalue weighted by atomic mass is 10.5. The molecular formula is C9H12N2S. The van der Waals surface area contributed by atoms with Crippen LogP contribution in [-0.4, -0.2) is 10.7 Å². The third-order valence-corrected chi connectivity index (χ3v) is 2.14. The number of aromatic nitrogens is 1. The molecule has 0 aliphatic carbocycles. The normalized spacial score (nSPS) is 13.7. The van der Waals surface area contributed by atoms with Gasteiger partial charge in [0.05, 0.1) is 0 Å². The molecule has 2 N–H and O–H groups in total. The zero-order valence-electron chi connectivity index (χ0n) is 6.81. The highest BCUT2D eigenvalue weighted by molar-refractivity contribution is 8.02. The molecule has 3 heteroatoms. The van der Waals surface area contributed by atoms with E-state index in [1.807, 2.05) is 23.9 Å². The Kier molecular flexibility index (Phi) is 4.31. The second-order valence-electron chi connectivity index (χ2n) is 2.29. The second-order valence-corrected chi connectivity index (χ2v) is 3.30. The fourth-order valence-electron chi connectivity index (χ4n) is 0.716. The molecule has 2 heterocycles. The summed E-state index contributed by atoms with van der Waals surface area (Å²) in [4.78, 5) is 3.76. The Bertz CT molecular complexity index is 228. The first-order valence-corrected chi connectivity index (χ1v) is 4.87. The van der Waals surface area contributed by atoms with Gasteiger partial charge in [0.25, 0.3) is 0 Å². The van der Waals surface area contributed by atoms with Crippen molar-refractivity contribution < 1.29 is 0 Å². The van der Waals surface area contributed by atoms with Gasteiger partial charge in [0.1, 0.15) is 5.82 Å². The minimum absolute atomic E-state index is 0.572. The van der Waals surface area contributed by atoms with Crippen LogP contribution in [0.15, 0.2) is 35.9 Å². The van der Waals surface area contributed by atoms with Gasteiger partial charge in [0.15, 0.2) is 0 Å². The summed E-state index contributed by atoms with van der Waals surface area (Å²) in [6.07, 6.45) is 5.14. The van der Waals surface area contributed by atoms with Crippen LogP contribution >= 0.6 is 11.8 Å². The van der Waals surface area contributed by atoms with E-state index in [4.69, 9.17) is 5.73 Å². The van der Waals surface area contributed by atoms with Crippen LogP contribution in [0, 0.1) is 0 Å². The third kappa shape index (κ3) is 4.03. The summed E-state index contributed by atoms with van der Waals surface area (Å²) in [5, 5.41) is 2.15. The highest BCUT2D eigenvalue weighted by atomic mass is 32.2. The molecule has 12 heavy (non-hydrogen) atoms. The number of thioether (sulfide) groups is 1. The highest BCUT2D eigenvalue weighted by Gasteiger charge is 1.85. The number of nitrogens with zero attached hydrogens (tertiary/aromatic N) is 1. The molecule has 2 nitrogen and oxygen atoms in total. The maximum absolute atomic E-state index is 5.25. The van der Waals surface area contributed by atoms with Crippen LogP contribution in [0.1, 0.15) is 6.42 Å². The number of rotatable bonds is 0. The quantitative estimate of drug-likeness (QED) is 0.666. The van der Waals surface area contributed by atoms with E-state index >= 15 is 0 Å². The molecule has 1 aliphatic rings. The van der Waals surface area contributed by atoms with E-state index in [1.165, 1.54) is 12.2 Å². The maximum atomic E-state index is 5.25. The molecule has 0 saturated heterocycles. The molecule has 0 spiro atoms. The third-order valence-electron chi connectivity index (χ3n) is 1.28. The van der Waals surface area contributed by atoms with Crippen LogP contribution in [0.2, 0.25) is 0 Å². The summed E-state index contributed by atoms with van der Waals surface area (Å²) in [5.74, 6) is 1.88. The van der Waals surface area contributed by atoms with Gasteiger partial charge in [-0.25, -0.2) is 4.98 Å². The first kappa shape index (κ1) is 9.13. The Labute approximate surface area is 76.9 Å². The van der Waals surface area contributed by atoms with Gasteiger partial charge in [0.2, 0.25) is 0 Å². The van der Waals surface area contributed by atoms with Crippen molar-refractivity contribution in [1.82, 2.24) is 4.98 Å². The predicted octanol–water partition coefficient (Wildman–Crippen LogP) is 2.30. The van der Waals surface area contributed by atoms with E-state index in [-0.39, 0.29) is 0 Å². The number of nitrogen functional groups attached to an aromatic ring is 1. The van der Waals surface area contributed by atoms with Gasteiger partial charge in [-0.15, -0.1) is 11.8 Å². The van der Waals surface area contributed by atoms with Crippen molar-refractivity contribution in [2.75, 3.05) is 11.5 Å². The molecule has 0 bridgehead atoms. The van der Waals surface area contributed by atoms with Crippen LogP contribution in [0.5, 0.6) is 0 Å². The first-order chi connectivity index (χ1) is 5.89. The van der Waals surface area contributed by atoms with Crippen LogP contribution in [0.3, 0.4) is 0 Å².